The topological polar surface area (TPSA) is 98.7 Å². The lowest BCUT2D eigenvalue weighted by Crippen LogP contribution is -2.17. The van der Waals surface area contributed by atoms with Gasteiger partial charge in [-0.3, -0.25) is 4.79 Å². The summed E-state index contributed by atoms with van der Waals surface area (Å²) >= 11 is 2.78. The van der Waals surface area contributed by atoms with E-state index in [9.17, 15) is 4.79 Å². The summed E-state index contributed by atoms with van der Waals surface area (Å²) in [6.07, 6.45) is 0.485. The van der Waals surface area contributed by atoms with E-state index in [-0.39, 0.29) is 11.7 Å². The fourth-order valence-electron chi connectivity index (χ4n) is 2.79. The Hall–Kier alpha value is -2.98. The zero-order valence-corrected chi connectivity index (χ0v) is 18.4. The van der Waals surface area contributed by atoms with E-state index in [2.05, 4.69) is 25.6 Å². The molecular formula is C20H20N6O2S2. The summed E-state index contributed by atoms with van der Waals surface area (Å²) in [4.78, 5) is 16.8. The summed E-state index contributed by atoms with van der Waals surface area (Å²) in [6.45, 7) is 5.87. The highest BCUT2D eigenvalue weighted by Gasteiger charge is 2.14. The molecule has 10 heteroatoms. The van der Waals surface area contributed by atoms with Gasteiger partial charge in [-0.1, -0.05) is 29.5 Å². The van der Waals surface area contributed by atoms with Gasteiger partial charge in [0.2, 0.25) is 11.8 Å². The number of thiazole rings is 1. The molecule has 8 nitrogen and oxygen atoms in total. The average molecular weight is 441 g/mol. The van der Waals surface area contributed by atoms with Gasteiger partial charge in [0.15, 0.2) is 0 Å². The lowest BCUT2D eigenvalue weighted by Gasteiger charge is -2.08. The molecule has 0 aliphatic rings. The van der Waals surface area contributed by atoms with Crippen LogP contribution < -0.4 is 5.32 Å². The van der Waals surface area contributed by atoms with Gasteiger partial charge in [-0.15, -0.1) is 21.5 Å². The lowest BCUT2D eigenvalue weighted by molar-refractivity contribution is -0.113. The Balaban J connectivity index is 1.36. The maximum Gasteiger partial charge on any atom is 0.277 e. The number of aryl methyl sites for hydroxylation is 3. The Morgan fingerprint density at radius 1 is 1.20 bits per heavy atom. The van der Waals surface area contributed by atoms with Gasteiger partial charge in [0.1, 0.15) is 5.82 Å². The Kier molecular flexibility index (Phi) is 5.96. The van der Waals surface area contributed by atoms with Gasteiger partial charge >= 0.3 is 0 Å². The number of anilines is 1. The third-order valence-electron chi connectivity index (χ3n) is 4.15. The van der Waals surface area contributed by atoms with Gasteiger partial charge in [0.25, 0.3) is 5.22 Å². The molecule has 4 aromatic rings. The normalized spacial score (nSPS) is 11.0. The zero-order chi connectivity index (χ0) is 21.1. The molecular weight excluding hydrogens is 420 g/mol. The number of aromatic nitrogens is 5. The third kappa shape index (κ3) is 4.95. The fraction of sp³-hybridized carbons (Fsp3) is 0.250. The molecule has 3 aromatic heterocycles. The van der Waals surface area contributed by atoms with Crippen LogP contribution in [0.5, 0.6) is 0 Å². The Labute approximate surface area is 181 Å². The van der Waals surface area contributed by atoms with Crippen molar-refractivity contribution in [3.05, 3.63) is 63.6 Å². The standard InChI is InChI=1S/C20H20N6O2S2/c1-12-4-6-16(7-5-12)26-17(8-13(2)25-26)22-18(27)11-30-20-24-23-19(28-20)9-15-10-29-14(3)21-15/h4-8,10H,9,11H2,1-3H3,(H,22,27). The maximum atomic E-state index is 12.5. The first-order valence-electron chi connectivity index (χ1n) is 9.26. The van der Waals surface area contributed by atoms with Crippen molar-refractivity contribution in [2.45, 2.75) is 32.4 Å². The number of nitrogens with zero attached hydrogens (tertiary/aromatic N) is 5. The number of thioether (sulfide) groups is 1. The monoisotopic (exact) mass is 440 g/mol. The highest BCUT2D eigenvalue weighted by molar-refractivity contribution is 7.99. The Bertz CT molecular complexity index is 1160. The quantitative estimate of drug-likeness (QED) is 0.434. The zero-order valence-electron chi connectivity index (χ0n) is 16.7. The van der Waals surface area contributed by atoms with Crippen molar-refractivity contribution in [1.82, 2.24) is 25.0 Å². The number of benzene rings is 1. The highest BCUT2D eigenvalue weighted by atomic mass is 32.2. The van der Waals surface area contributed by atoms with Crippen LogP contribution in [0.1, 0.15) is 27.8 Å². The van der Waals surface area contributed by atoms with Crippen LogP contribution >= 0.6 is 23.1 Å². The van der Waals surface area contributed by atoms with E-state index in [4.69, 9.17) is 4.42 Å². The SMILES string of the molecule is Cc1ccc(-n2nc(C)cc2NC(=O)CSc2nnc(Cc3csc(C)n3)o2)cc1. The van der Waals surface area contributed by atoms with E-state index in [0.29, 0.717) is 23.4 Å². The summed E-state index contributed by atoms with van der Waals surface area (Å²) < 4.78 is 7.33. The third-order valence-corrected chi connectivity index (χ3v) is 5.79. The minimum atomic E-state index is -0.178. The predicted octanol–water partition coefficient (Wildman–Crippen LogP) is 3.96. The van der Waals surface area contributed by atoms with E-state index in [1.54, 1.807) is 16.0 Å². The molecule has 0 unspecified atom stereocenters. The second-order valence-electron chi connectivity index (χ2n) is 6.75. The van der Waals surface area contributed by atoms with Crippen molar-refractivity contribution < 1.29 is 9.21 Å². The highest BCUT2D eigenvalue weighted by Crippen LogP contribution is 2.21. The molecule has 0 saturated heterocycles. The van der Waals surface area contributed by atoms with Gasteiger partial charge in [0, 0.05) is 11.4 Å². The fourth-order valence-corrected chi connectivity index (χ4v) is 3.98. The van der Waals surface area contributed by atoms with Crippen LogP contribution in [0.25, 0.3) is 5.69 Å². The Morgan fingerprint density at radius 2 is 2.00 bits per heavy atom. The molecule has 4 rings (SSSR count). The van der Waals surface area contributed by atoms with Crippen molar-refractivity contribution >= 4 is 34.8 Å². The number of rotatable bonds is 7. The molecule has 0 atom stereocenters. The van der Waals surface area contributed by atoms with Gasteiger partial charge in [0.05, 0.1) is 34.3 Å². The Morgan fingerprint density at radius 3 is 2.73 bits per heavy atom. The number of hydrogen-bond acceptors (Lipinski definition) is 8. The van der Waals surface area contributed by atoms with E-state index >= 15 is 0 Å². The first-order valence-corrected chi connectivity index (χ1v) is 11.1. The molecule has 3 heterocycles. The first-order chi connectivity index (χ1) is 14.5. The number of hydrogen-bond donors (Lipinski definition) is 1. The minimum Gasteiger partial charge on any atom is -0.416 e. The van der Waals surface area contributed by atoms with Crippen LogP contribution in [0.2, 0.25) is 0 Å². The molecule has 0 aliphatic heterocycles. The summed E-state index contributed by atoms with van der Waals surface area (Å²) in [5.74, 6) is 1.07. The van der Waals surface area contributed by atoms with Gasteiger partial charge in [-0.2, -0.15) is 5.10 Å². The number of nitrogens with one attached hydrogen (secondary N) is 1. The number of amides is 1. The number of carbonyl (C=O) groups is 1. The van der Waals surface area contributed by atoms with Crippen molar-refractivity contribution in [2.24, 2.45) is 0 Å². The van der Waals surface area contributed by atoms with Crippen molar-refractivity contribution in [3.8, 4) is 5.69 Å². The van der Waals surface area contributed by atoms with Crippen molar-refractivity contribution in [2.75, 3.05) is 11.1 Å². The molecule has 1 aromatic carbocycles. The van der Waals surface area contributed by atoms with Crippen molar-refractivity contribution in [1.29, 1.82) is 0 Å². The van der Waals surface area contributed by atoms with Crippen LogP contribution in [-0.2, 0) is 11.2 Å². The smallest absolute Gasteiger partial charge is 0.277 e. The van der Waals surface area contributed by atoms with Crippen LogP contribution in [0.4, 0.5) is 5.82 Å². The molecule has 1 N–H and O–H groups in total. The largest absolute Gasteiger partial charge is 0.416 e. The van der Waals surface area contributed by atoms with E-state index < -0.39 is 0 Å². The second kappa shape index (κ2) is 8.80. The molecule has 0 spiro atoms. The minimum absolute atomic E-state index is 0.148. The van der Waals surface area contributed by atoms with E-state index in [1.807, 2.05) is 56.5 Å². The number of carbonyl (C=O) groups excluding carboxylic acids is 1. The van der Waals surface area contributed by atoms with Crippen LogP contribution in [0.3, 0.4) is 0 Å². The molecule has 154 valence electrons. The molecule has 1 amide bonds. The van der Waals surface area contributed by atoms with Crippen LogP contribution in [0.15, 0.2) is 45.4 Å². The van der Waals surface area contributed by atoms with Crippen LogP contribution in [-0.4, -0.2) is 36.6 Å². The van der Waals surface area contributed by atoms with Gasteiger partial charge < -0.3 is 9.73 Å². The second-order valence-corrected chi connectivity index (χ2v) is 8.74. The molecule has 0 aliphatic carbocycles. The summed E-state index contributed by atoms with van der Waals surface area (Å²) in [5.41, 5.74) is 3.76. The summed E-state index contributed by atoms with van der Waals surface area (Å²) in [5, 5.41) is 18.7. The molecule has 0 fully saturated rings. The maximum absolute atomic E-state index is 12.5. The molecule has 0 saturated carbocycles. The molecule has 30 heavy (non-hydrogen) atoms. The summed E-state index contributed by atoms with van der Waals surface area (Å²) in [7, 11) is 0. The average Bonchev–Trinajstić information content (AvgIpc) is 3.42. The van der Waals surface area contributed by atoms with Crippen LogP contribution in [0, 0.1) is 20.8 Å². The first kappa shape index (κ1) is 20.3. The van der Waals surface area contributed by atoms with E-state index in [1.165, 1.54) is 11.8 Å². The summed E-state index contributed by atoms with van der Waals surface area (Å²) in [6, 6.07) is 9.79. The predicted molar refractivity (Wildman–Crippen MR) is 116 cm³/mol. The van der Waals surface area contributed by atoms with Crippen molar-refractivity contribution in [3.63, 3.8) is 0 Å². The molecule has 0 radical (unpaired) electrons. The molecule has 0 bridgehead atoms. The lowest BCUT2D eigenvalue weighted by atomic mass is 10.2. The van der Waals surface area contributed by atoms with Gasteiger partial charge in [-0.25, -0.2) is 9.67 Å². The van der Waals surface area contributed by atoms with E-state index in [0.717, 1.165) is 27.6 Å². The van der Waals surface area contributed by atoms with Gasteiger partial charge in [-0.05, 0) is 32.9 Å².